The second-order valence-electron chi connectivity index (χ2n) is 5.88. The molecule has 1 aromatic heterocycles. The molecule has 0 aliphatic carbocycles. The average molecular weight is 351 g/mol. The summed E-state index contributed by atoms with van der Waals surface area (Å²) in [5.74, 6) is -1.17. The maximum absolute atomic E-state index is 12.7. The molecule has 0 saturated carbocycles. The summed E-state index contributed by atoms with van der Waals surface area (Å²) in [6.07, 6.45) is -1.09. The van der Waals surface area contributed by atoms with Crippen LogP contribution in [0.1, 0.15) is 22.8 Å². The number of carbonyl (C=O) groups excluding carboxylic acids is 2. The molecule has 2 aromatic carbocycles. The SMILES string of the molecule is Cc1c(-c2ccccc2)oc2c(C(=O)O[C@@H](C)C(N)=O)cccc2c1=O. The Hall–Kier alpha value is -3.41. The number of hydrogen-bond donors (Lipinski definition) is 1. The molecule has 1 atom stereocenters. The predicted octanol–water partition coefficient (Wildman–Crippen LogP) is 2.80. The van der Waals surface area contributed by atoms with E-state index in [0.717, 1.165) is 5.56 Å². The molecule has 3 rings (SSSR count). The van der Waals surface area contributed by atoms with Gasteiger partial charge in [0.05, 0.1) is 5.39 Å². The minimum atomic E-state index is -1.09. The first-order valence-corrected chi connectivity index (χ1v) is 8.02. The molecule has 0 aliphatic heterocycles. The quantitative estimate of drug-likeness (QED) is 0.729. The maximum Gasteiger partial charge on any atom is 0.342 e. The number of amides is 1. The predicted molar refractivity (Wildman–Crippen MR) is 96.7 cm³/mol. The number of carbonyl (C=O) groups is 2. The van der Waals surface area contributed by atoms with Crippen LogP contribution in [0.2, 0.25) is 0 Å². The van der Waals surface area contributed by atoms with Gasteiger partial charge < -0.3 is 14.9 Å². The standard InChI is InChI=1S/C20H17NO5/c1-11-16(22)14-9-6-10-15(20(24)25-12(2)19(21)23)18(14)26-17(11)13-7-4-3-5-8-13/h3-10,12H,1-2H3,(H2,21,23)/t12-/m0/s1. The fourth-order valence-corrected chi connectivity index (χ4v) is 2.62. The summed E-state index contributed by atoms with van der Waals surface area (Å²) < 4.78 is 11.0. The third kappa shape index (κ3) is 3.09. The summed E-state index contributed by atoms with van der Waals surface area (Å²) in [7, 11) is 0. The molecular formula is C20H17NO5. The lowest BCUT2D eigenvalue weighted by Gasteiger charge is -2.12. The third-order valence-electron chi connectivity index (χ3n) is 4.09. The number of primary amides is 1. The van der Waals surface area contributed by atoms with E-state index in [4.69, 9.17) is 14.9 Å². The van der Waals surface area contributed by atoms with Crippen LogP contribution in [0.4, 0.5) is 0 Å². The molecule has 0 radical (unpaired) electrons. The Kier molecular flexibility index (Phi) is 4.58. The fraction of sp³-hybridized carbons (Fsp3) is 0.150. The summed E-state index contributed by atoms with van der Waals surface area (Å²) in [5.41, 5.74) is 6.23. The van der Waals surface area contributed by atoms with Gasteiger partial charge in [0.1, 0.15) is 11.3 Å². The molecule has 0 bridgehead atoms. The van der Waals surface area contributed by atoms with Crippen molar-refractivity contribution in [1.82, 2.24) is 0 Å². The number of para-hydroxylation sites is 1. The van der Waals surface area contributed by atoms with Crippen molar-refractivity contribution in [2.24, 2.45) is 5.73 Å². The van der Waals surface area contributed by atoms with E-state index in [9.17, 15) is 14.4 Å². The molecule has 0 fully saturated rings. The molecule has 0 aliphatic rings. The van der Waals surface area contributed by atoms with Gasteiger partial charge in [0.15, 0.2) is 17.1 Å². The minimum absolute atomic E-state index is 0.0601. The van der Waals surface area contributed by atoms with Gasteiger partial charge in [-0.3, -0.25) is 9.59 Å². The third-order valence-corrected chi connectivity index (χ3v) is 4.09. The first kappa shape index (κ1) is 17.4. The van der Waals surface area contributed by atoms with E-state index in [2.05, 4.69) is 0 Å². The molecule has 2 N–H and O–H groups in total. The molecule has 132 valence electrons. The molecule has 26 heavy (non-hydrogen) atoms. The van der Waals surface area contributed by atoms with Gasteiger partial charge in [-0.2, -0.15) is 0 Å². The van der Waals surface area contributed by atoms with Crippen LogP contribution in [0.3, 0.4) is 0 Å². The largest absolute Gasteiger partial charge is 0.455 e. The number of benzene rings is 2. The van der Waals surface area contributed by atoms with Gasteiger partial charge in [0.25, 0.3) is 5.91 Å². The summed E-state index contributed by atoms with van der Waals surface area (Å²) in [4.78, 5) is 36.3. The van der Waals surface area contributed by atoms with Crippen molar-refractivity contribution in [3.05, 3.63) is 69.9 Å². The summed E-state index contributed by atoms with van der Waals surface area (Å²) >= 11 is 0. The van der Waals surface area contributed by atoms with Crippen molar-refractivity contribution in [1.29, 1.82) is 0 Å². The van der Waals surface area contributed by atoms with E-state index in [1.165, 1.54) is 13.0 Å². The summed E-state index contributed by atoms with van der Waals surface area (Å²) in [5, 5.41) is 0.267. The normalized spacial score (nSPS) is 11.9. The number of rotatable bonds is 4. The minimum Gasteiger partial charge on any atom is -0.455 e. The number of ether oxygens (including phenoxy) is 1. The van der Waals surface area contributed by atoms with E-state index in [1.54, 1.807) is 19.1 Å². The van der Waals surface area contributed by atoms with Gasteiger partial charge in [0, 0.05) is 11.1 Å². The Balaban J connectivity index is 2.20. The Morgan fingerprint density at radius 1 is 1.08 bits per heavy atom. The molecule has 0 spiro atoms. The molecule has 3 aromatic rings. The highest BCUT2D eigenvalue weighted by Gasteiger charge is 2.22. The maximum atomic E-state index is 12.7. The highest BCUT2D eigenvalue weighted by molar-refractivity contribution is 6.03. The first-order valence-electron chi connectivity index (χ1n) is 8.02. The van der Waals surface area contributed by atoms with Gasteiger partial charge >= 0.3 is 5.97 Å². The van der Waals surface area contributed by atoms with Crippen molar-refractivity contribution in [3.63, 3.8) is 0 Å². The lowest BCUT2D eigenvalue weighted by molar-refractivity contribution is -0.125. The lowest BCUT2D eigenvalue weighted by Crippen LogP contribution is -2.30. The first-order chi connectivity index (χ1) is 12.4. The zero-order valence-corrected chi connectivity index (χ0v) is 14.3. The van der Waals surface area contributed by atoms with Crippen molar-refractivity contribution in [3.8, 4) is 11.3 Å². The highest BCUT2D eigenvalue weighted by atomic mass is 16.5. The van der Waals surface area contributed by atoms with Crippen LogP contribution in [0.15, 0.2) is 57.7 Å². The van der Waals surface area contributed by atoms with Crippen molar-refractivity contribution < 1.29 is 18.7 Å². The molecule has 0 saturated heterocycles. The highest BCUT2D eigenvalue weighted by Crippen LogP contribution is 2.27. The van der Waals surface area contributed by atoms with Gasteiger partial charge in [0.2, 0.25) is 0 Å². The molecule has 6 nitrogen and oxygen atoms in total. The Labute approximate surface area is 149 Å². The number of nitrogens with two attached hydrogens (primary N) is 1. The molecule has 1 heterocycles. The Bertz CT molecular complexity index is 1050. The Morgan fingerprint density at radius 3 is 2.42 bits per heavy atom. The van der Waals surface area contributed by atoms with Crippen molar-refractivity contribution in [2.75, 3.05) is 0 Å². The van der Waals surface area contributed by atoms with Gasteiger partial charge in [-0.25, -0.2) is 4.79 Å². The molecule has 1 amide bonds. The fourth-order valence-electron chi connectivity index (χ4n) is 2.62. The number of hydrogen-bond acceptors (Lipinski definition) is 5. The van der Waals surface area contributed by atoms with Crippen LogP contribution < -0.4 is 11.2 Å². The second kappa shape index (κ2) is 6.84. The van der Waals surface area contributed by atoms with Crippen molar-refractivity contribution in [2.45, 2.75) is 20.0 Å². The van der Waals surface area contributed by atoms with Gasteiger partial charge in [-0.1, -0.05) is 36.4 Å². The van der Waals surface area contributed by atoms with Gasteiger partial charge in [-0.05, 0) is 26.0 Å². The van der Waals surface area contributed by atoms with Crippen LogP contribution in [-0.4, -0.2) is 18.0 Å². The Morgan fingerprint density at radius 2 is 1.77 bits per heavy atom. The van der Waals surface area contributed by atoms with E-state index < -0.39 is 18.0 Å². The zero-order chi connectivity index (χ0) is 18.8. The number of esters is 1. The molecule has 6 heteroatoms. The van der Waals surface area contributed by atoms with Gasteiger partial charge in [-0.15, -0.1) is 0 Å². The van der Waals surface area contributed by atoms with E-state index in [1.807, 2.05) is 30.3 Å². The monoisotopic (exact) mass is 351 g/mol. The van der Waals surface area contributed by atoms with Crippen LogP contribution >= 0.6 is 0 Å². The second-order valence-corrected chi connectivity index (χ2v) is 5.88. The van der Waals surface area contributed by atoms with Crippen LogP contribution in [0.25, 0.3) is 22.3 Å². The van der Waals surface area contributed by atoms with Crippen molar-refractivity contribution >= 4 is 22.8 Å². The van der Waals surface area contributed by atoms with Crippen LogP contribution in [-0.2, 0) is 9.53 Å². The average Bonchev–Trinajstić information content (AvgIpc) is 2.64. The van der Waals surface area contributed by atoms with E-state index in [0.29, 0.717) is 11.3 Å². The number of fused-ring (bicyclic) bond motifs is 1. The summed E-state index contributed by atoms with van der Waals surface area (Å²) in [6, 6.07) is 13.8. The topological polar surface area (TPSA) is 99.6 Å². The van der Waals surface area contributed by atoms with Crippen LogP contribution in [0, 0.1) is 6.92 Å². The molecular weight excluding hydrogens is 334 g/mol. The van der Waals surface area contributed by atoms with Crippen LogP contribution in [0.5, 0.6) is 0 Å². The van der Waals surface area contributed by atoms with E-state index in [-0.39, 0.29) is 22.0 Å². The van der Waals surface area contributed by atoms with E-state index >= 15 is 0 Å². The lowest BCUT2D eigenvalue weighted by atomic mass is 10.0. The smallest absolute Gasteiger partial charge is 0.342 e. The molecule has 0 unspecified atom stereocenters. The zero-order valence-electron chi connectivity index (χ0n) is 14.3. The summed E-state index contributed by atoms with van der Waals surface area (Å²) in [6.45, 7) is 3.05.